The molecule has 0 saturated carbocycles. The Morgan fingerprint density at radius 1 is 0.973 bits per heavy atom. The van der Waals surface area contributed by atoms with Gasteiger partial charge in [0.1, 0.15) is 0 Å². The molecule has 2 aromatic carbocycles. The van der Waals surface area contributed by atoms with Gasteiger partial charge in [0, 0.05) is 0 Å². The number of fused-ring (bicyclic) bond motifs is 1. The summed E-state index contributed by atoms with van der Waals surface area (Å²) in [6, 6.07) is 9.94. The van der Waals surface area contributed by atoms with Crippen molar-refractivity contribution in [3.63, 3.8) is 0 Å². The number of methoxy groups -OCH3 is 4. The zero-order valence-electron chi connectivity index (χ0n) is 21.5. The van der Waals surface area contributed by atoms with E-state index >= 15 is 0 Å². The van der Waals surface area contributed by atoms with Crippen LogP contribution in [0, 0.1) is 0 Å². The van der Waals surface area contributed by atoms with Gasteiger partial charge in [0.25, 0.3) is 5.56 Å². The zero-order valence-corrected chi connectivity index (χ0v) is 22.3. The van der Waals surface area contributed by atoms with E-state index in [9.17, 15) is 9.59 Å². The quantitative estimate of drug-likeness (QED) is 0.418. The van der Waals surface area contributed by atoms with Gasteiger partial charge in [-0.25, -0.2) is 9.79 Å². The fourth-order valence-corrected chi connectivity index (χ4v) is 5.27. The van der Waals surface area contributed by atoms with Crippen LogP contribution in [-0.2, 0) is 9.53 Å². The largest absolute Gasteiger partial charge is 0.493 e. The number of ether oxygens (including phenoxy) is 5. The van der Waals surface area contributed by atoms with E-state index in [2.05, 4.69) is 4.99 Å². The van der Waals surface area contributed by atoms with Gasteiger partial charge in [-0.15, -0.1) is 0 Å². The molecule has 1 atom stereocenters. The molecule has 1 unspecified atom stereocenters. The van der Waals surface area contributed by atoms with Crippen molar-refractivity contribution >= 4 is 23.4 Å². The number of thiazole rings is 1. The van der Waals surface area contributed by atoms with Crippen LogP contribution in [0.2, 0.25) is 0 Å². The molecule has 1 aliphatic heterocycles. The fraction of sp³-hybridized carbons (Fsp3) is 0.296. The van der Waals surface area contributed by atoms with Crippen LogP contribution in [-0.4, -0.2) is 45.6 Å². The summed E-state index contributed by atoms with van der Waals surface area (Å²) in [4.78, 5) is 31.9. The molecule has 0 N–H and O–H groups in total. The number of hydrogen-bond donors (Lipinski definition) is 0. The second kappa shape index (κ2) is 10.9. The Bertz CT molecular complexity index is 1550. The van der Waals surface area contributed by atoms with Crippen LogP contribution in [0.1, 0.15) is 31.0 Å². The lowest BCUT2D eigenvalue weighted by Gasteiger charge is -2.25. The van der Waals surface area contributed by atoms with E-state index < -0.39 is 12.0 Å². The average molecular weight is 525 g/mol. The van der Waals surface area contributed by atoms with E-state index in [-0.39, 0.29) is 12.2 Å². The van der Waals surface area contributed by atoms with E-state index in [1.807, 2.05) is 6.07 Å². The molecule has 0 fully saturated rings. The smallest absolute Gasteiger partial charge is 0.338 e. The highest BCUT2D eigenvalue weighted by Crippen LogP contribution is 2.36. The first-order valence-electron chi connectivity index (χ1n) is 11.5. The molecule has 194 valence electrons. The number of aromatic nitrogens is 1. The third-order valence-corrected chi connectivity index (χ3v) is 6.93. The summed E-state index contributed by atoms with van der Waals surface area (Å²) in [5, 5.41) is 0. The predicted octanol–water partition coefficient (Wildman–Crippen LogP) is 2.83. The van der Waals surface area contributed by atoms with Crippen molar-refractivity contribution in [1.82, 2.24) is 4.57 Å². The highest BCUT2D eigenvalue weighted by molar-refractivity contribution is 7.07. The molecule has 0 radical (unpaired) electrons. The van der Waals surface area contributed by atoms with Crippen molar-refractivity contribution in [3.8, 4) is 23.0 Å². The molecule has 0 saturated heterocycles. The number of rotatable bonds is 8. The van der Waals surface area contributed by atoms with E-state index in [0.717, 1.165) is 5.56 Å². The average Bonchev–Trinajstić information content (AvgIpc) is 3.21. The Balaban J connectivity index is 1.95. The minimum Gasteiger partial charge on any atom is -0.493 e. The second-order valence-corrected chi connectivity index (χ2v) is 9.04. The Kier molecular flexibility index (Phi) is 7.68. The van der Waals surface area contributed by atoms with Crippen LogP contribution >= 0.6 is 11.3 Å². The van der Waals surface area contributed by atoms with E-state index in [4.69, 9.17) is 23.7 Å². The maximum Gasteiger partial charge on any atom is 0.338 e. The summed E-state index contributed by atoms with van der Waals surface area (Å²) in [6.45, 7) is 3.67. The lowest BCUT2D eigenvalue weighted by molar-refractivity contribution is -0.139. The molecule has 37 heavy (non-hydrogen) atoms. The van der Waals surface area contributed by atoms with Gasteiger partial charge < -0.3 is 23.7 Å². The second-order valence-electron chi connectivity index (χ2n) is 8.03. The molecular formula is C27H28N2O7S. The van der Waals surface area contributed by atoms with E-state index in [1.54, 1.807) is 71.6 Å². The van der Waals surface area contributed by atoms with Crippen molar-refractivity contribution in [1.29, 1.82) is 0 Å². The normalized spacial score (nSPS) is 15.1. The first-order valence-corrected chi connectivity index (χ1v) is 12.3. The van der Waals surface area contributed by atoms with Crippen LogP contribution in [0.5, 0.6) is 23.0 Å². The highest BCUT2D eigenvalue weighted by atomic mass is 32.1. The lowest BCUT2D eigenvalue weighted by atomic mass is 9.95. The minimum atomic E-state index is -0.761. The molecule has 10 heteroatoms. The van der Waals surface area contributed by atoms with Crippen LogP contribution in [0.15, 0.2) is 57.5 Å². The van der Waals surface area contributed by atoms with Crippen LogP contribution < -0.4 is 33.8 Å². The van der Waals surface area contributed by atoms with Gasteiger partial charge in [-0.3, -0.25) is 9.36 Å². The predicted molar refractivity (Wildman–Crippen MR) is 139 cm³/mol. The molecule has 1 aromatic heterocycles. The Labute approximate surface area is 217 Å². The molecule has 0 spiro atoms. The van der Waals surface area contributed by atoms with Gasteiger partial charge in [0.2, 0.25) is 0 Å². The summed E-state index contributed by atoms with van der Waals surface area (Å²) in [5.41, 5.74) is 1.91. The lowest BCUT2D eigenvalue weighted by Crippen LogP contribution is -2.39. The summed E-state index contributed by atoms with van der Waals surface area (Å²) >= 11 is 1.24. The summed E-state index contributed by atoms with van der Waals surface area (Å²) in [6.07, 6.45) is 1.76. The number of allylic oxidation sites excluding steroid dienone is 1. The SMILES string of the molecule is CCOC(=O)C1=C(C)N=c2s/c(=C\c3ccc(OC)c(OC)c3)c(=O)n2C1c1ccc(OC)c(OC)c1. The first kappa shape index (κ1) is 26.0. The van der Waals surface area contributed by atoms with E-state index in [1.165, 1.54) is 23.0 Å². The van der Waals surface area contributed by atoms with Crippen molar-refractivity contribution in [2.75, 3.05) is 35.0 Å². The third kappa shape index (κ3) is 4.84. The van der Waals surface area contributed by atoms with Gasteiger partial charge in [-0.05, 0) is 55.3 Å². The molecular weight excluding hydrogens is 496 g/mol. The number of esters is 1. The highest BCUT2D eigenvalue weighted by Gasteiger charge is 2.33. The molecule has 0 aliphatic carbocycles. The zero-order chi connectivity index (χ0) is 26.7. The number of hydrogen-bond acceptors (Lipinski definition) is 9. The van der Waals surface area contributed by atoms with Gasteiger partial charge in [0.05, 0.1) is 56.9 Å². The van der Waals surface area contributed by atoms with Crippen LogP contribution in [0.3, 0.4) is 0 Å². The molecule has 9 nitrogen and oxygen atoms in total. The maximum atomic E-state index is 13.8. The fourth-order valence-electron chi connectivity index (χ4n) is 4.22. The minimum absolute atomic E-state index is 0.192. The number of nitrogens with zero attached hydrogens (tertiary/aromatic N) is 2. The number of carbonyl (C=O) groups excluding carboxylic acids is 1. The molecule has 3 aromatic rings. The van der Waals surface area contributed by atoms with Crippen molar-refractivity contribution < 1.29 is 28.5 Å². The summed E-state index contributed by atoms with van der Waals surface area (Å²) in [5.74, 6) is 1.62. The summed E-state index contributed by atoms with van der Waals surface area (Å²) in [7, 11) is 6.19. The van der Waals surface area contributed by atoms with Gasteiger partial charge in [-0.1, -0.05) is 23.5 Å². The van der Waals surface area contributed by atoms with Gasteiger partial charge in [-0.2, -0.15) is 0 Å². The molecule has 0 amide bonds. The third-order valence-electron chi connectivity index (χ3n) is 5.95. The van der Waals surface area contributed by atoms with Crippen molar-refractivity contribution in [2.24, 2.45) is 4.99 Å². The topological polar surface area (TPSA) is 97.6 Å². The number of carbonyl (C=O) groups is 1. The van der Waals surface area contributed by atoms with Crippen molar-refractivity contribution in [3.05, 3.63) is 78.5 Å². The molecule has 1 aliphatic rings. The Hall–Kier alpha value is -4.05. The first-order chi connectivity index (χ1) is 17.9. The van der Waals surface area contributed by atoms with E-state index in [0.29, 0.717) is 49.2 Å². The molecule has 0 bridgehead atoms. The molecule has 2 heterocycles. The van der Waals surface area contributed by atoms with Gasteiger partial charge >= 0.3 is 5.97 Å². The Morgan fingerprint density at radius 2 is 1.59 bits per heavy atom. The summed E-state index contributed by atoms with van der Waals surface area (Å²) < 4.78 is 28.9. The monoisotopic (exact) mass is 524 g/mol. The Morgan fingerprint density at radius 3 is 2.22 bits per heavy atom. The van der Waals surface area contributed by atoms with Crippen molar-refractivity contribution in [2.45, 2.75) is 19.9 Å². The van der Waals surface area contributed by atoms with Crippen LogP contribution in [0.4, 0.5) is 0 Å². The van der Waals surface area contributed by atoms with Gasteiger partial charge in [0.15, 0.2) is 27.8 Å². The van der Waals surface area contributed by atoms with Crippen LogP contribution in [0.25, 0.3) is 6.08 Å². The standard InChI is InChI=1S/C27H28N2O7S/c1-7-36-26(31)23-15(2)28-27-29(24(23)17-9-11-19(33-4)21(14-17)35-6)25(30)22(37-27)13-16-8-10-18(32-3)20(12-16)34-5/h8-14,24H,7H2,1-6H3/b22-13-. The molecule has 4 rings (SSSR count). The maximum absolute atomic E-state index is 13.8. The number of benzene rings is 2.